The van der Waals surface area contributed by atoms with Gasteiger partial charge in [-0.05, 0) is 5.56 Å². The third kappa shape index (κ3) is 2.43. The van der Waals surface area contributed by atoms with Gasteiger partial charge in [-0.2, -0.15) is 0 Å². The zero-order chi connectivity index (χ0) is 13.2. The zero-order valence-electron chi connectivity index (χ0n) is 10.2. The maximum absolute atomic E-state index is 12.1. The van der Waals surface area contributed by atoms with Crippen molar-refractivity contribution < 1.29 is 4.79 Å². The first-order valence-corrected chi connectivity index (χ1v) is 6.87. The smallest absolute Gasteiger partial charge is 0.193 e. The van der Waals surface area contributed by atoms with Crippen LogP contribution in [0, 0.1) is 0 Å². The molecular formula is C14H13N3OS. The molecule has 0 radical (unpaired) electrons. The number of hydrogen-bond donors (Lipinski definition) is 1. The third-order valence-corrected chi connectivity index (χ3v) is 3.77. The maximum Gasteiger partial charge on any atom is 0.193 e. The predicted octanol–water partition coefficient (Wildman–Crippen LogP) is 2.28. The number of ketones is 1. The van der Waals surface area contributed by atoms with Crippen LogP contribution < -0.4 is 5.73 Å². The highest BCUT2D eigenvalue weighted by Gasteiger charge is 2.10. The van der Waals surface area contributed by atoms with E-state index in [2.05, 4.69) is 4.98 Å². The van der Waals surface area contributed by atoms with Gasteiger partial charge in [0, 0.05) is 29.9 Å². The first-order chi connectivity index (χ1) is 9.26. The molecule has 0 atom stereocenters. The van der Waals surface area contributed by atoms with Gasteiger partial charge >= 0.3 is 0 Å². The van der Waals surface area contributed by atoms with Crippen molar-refractivity contribution in [1.82, 2.24) is 9.38 Å². The molecule has 19 heavy (non-hydrogen) atoms. The fourth-order valence-corrected chi connectivity index (χ4v) is 2.67. The van der Waals surface area contributed by atoms with Gasteiger partial charge in [-0.25, -0.2) is 4.98 Å². The maximum atomic E-state index is 12.1. The zero-order valence-corrected chi connectivity index (χ0v) is 11.1. The number of hydrogen-bond acceptors (Lipinski definition) is 4. The first kappa shape index (κ1) is 12.1. The van der Waals surface area contributed by atoms with Crippen LogP contribution in [0.15, 0.2) is 42.0 Å². The Hall–Kier alpha value is -1.98. The molecule has 0 saturated carbocycles. The van der Waals surface area contributed by atoms with Crippen LogP contribution in [0.25, 0.3) is 4.96 Å². The van der Waals surface area contributed by atoms with Crippen molar-refractivity contribution in [1.29, 1.82) is 0 Å². The summed E-state index contributed by atoms with van der Waals surface area (Å²) in [5.74, 6) is 0.0781. The molecule has 5 heteroatoms. The molecule has 0 amide bonds. The van der Waals surface area contributed by atoms with Crippen molar-refractivity contribution in [3.8, 4) is 0 Å². The van der Waals surface area contributed by atoms with Crippen molar-refractivity contribution in [3.63, 3.8) is 0 Å². The summed E-state index contributed by atoms with van der Waals surface area (Å²) < 4.78 is 1.94. The van der Waals surface area contributed by atoms with Crippen molar-refractivity contribution >= 4 is 22.1 Å². The molecule has 0 unspecified atom stereocenters. The van der Waals surface area contributed by atoms with Crippen LogP contribution in [0.1, 0.15) is 21.6 Å². The molecule has 2 heterocycles. The predicted molar refractivity (Wildman–Crippen MR) is 75.4 cm³/mol. The second kappa shape index (κ2) is 4.95. The largest absolute Gasteiger partial charge is 0.326 e. The van der Waals surface area contributed by atoms with Crippen LogP contribution in [0.5, 0.6) is 0 Å². The fraction of sp³-hybridized carbons (Fsp3) is 0.143. The summed E-state index contributed by atoms with van der Waals surface area (Å²) in [7, 11) is 0. The summed E-state index contributed by atoms with van der Waals surface area (Å²) >= 11 is 1.56. The quantitative estimate of drug-likeness (QED) is 0.741. The molecule has 0 fully saturated rings. The van der Waals surface area contributed by atoms with E-state index in [1.807, 2.05) is 46.4 Å². The van der Waals surface area contributed by atoms with Crippen LogP contribution >= 0.6 is 11.3 Å². The van der Waals surface area contributed by atoms with E-state index in [-0.39, 0.29) is 5.78 Å². The number of nitrogens with two attached hydrogens (primary N) is 1. The number of fused-ring (bicyclic) bond motifs is 1. The monoisotopic (exact) mass is 271 g/mol. The molecule has 0 aliphatic carbocycles. The number of nitrogens with zero attached hydrogens (tertiary/aromatic N) is 2. The first-order valence-electron chi connectivity index (χ1n) is 5.99. The van der Waals surface area contributed by atoms with Gasteiger partial charge < -0.3 is 5.73 Å². The van der Waals surface area contributed by atoms with E-state index in [1.54, 1.807) is 11.3 Å². The van der Waals surface area contributed by atoms with Gasteiger partial charge in [-0.15, -0.1) is 11.3 Å². The van der Waals surface area contributed by atoms with Gasteiger partial charge in [0.2, 0.25) is 0 Å². The Bertz CT molecular complexity index is 683. The molecule has 2 aromatic heterocycles. The Labute approximate surface area is 114 Å². The summed E-state index contributed by atoms with van der Waals surface area (Å²) in [6, 6.07) is 7.42. The van der Waals surface area contributed by atoms with Crippen LogP contribution in [-0.2, 0) is 13.0 Å². The lowest BCUT2D eigenvalue weighted by Crippen LogP contribution is -2.04. The summed E-state index contributed by atoms with van der Waals surface area (Å²) in [4.78, 5) is 17.5. The van der Waals surface area contributed by atoms with Gasteiger partial charge in [-0.1, -0.05) is 24.3 Å². The second-order valence-electron chi connectivity index (χ2n) is 4.33. The van der Waals surface area contributed by atoms with E-state index in [9.17, 15) is 4.79 Å². The van der Waals surface area contributed by atoms with Crippen LogP contribution in [0.4, 0.5) is 0 Å². The minimum Gasteiger partial charge on any atom is -0.326 e. The Morgan fingerprint density at radius 1 is 1.32 bits per heavy atom. The molecule has 0 spiro atoms. The van der Waals surface area contributed by atoms with Crippen molar-refractivity contribution in [2.75, 3.05) is 0 Å². The number of carbonyl (C=O) groups excluding carboxylic acids is 1. The van der Waals surface area contributed by atoms with Crippen LogP contribution in [0.3, 0.4) is 0 Å². The number of aromatic nitrogens is 2. The highest BCUT2D eigenvalue weighted by molar-refractivity contribution is 7.15. The molecule has 0 saturated heterocycles. The topological polar surface area (TPSA) is 60.4 Å². The summed E-state index contributed by atoms with van der Waals surface area (Å²) in [6.07, 6.45) is 4.17. The molecule has 0 bridgehead atoms. The summed E-state index contributed by atoms with van der Waals surface area (Å²) in [5.41, 5.74) is 8.07. The summed E-state index contributed by atoms with van der Waals surface area (Å²) in [6.45, 7) is 0.492. The van der Waals surface area contributed by atoms with E-state index in [0.717, 1.165) is 16.2 Å². The third-order valence-electron chi connectivity index (χ3n) is 3.00. The lowest BCUT2D eigenvalue weighted by atomic mass is 10.1. The minimum absolute atomic E-state index is 0.0781. The van der Waals surface area contributed by atoms with E-state index < -0.39 is 0 Å². The molecule has 0 aliphatic heterocycles. The van der Waals surface area contributed by atoms with E-state index in [4.69, 9.17) is 5.73 Å². The highest BCUT2D eigenvalue weighted by atomic mass is 32.1. The molecule has 3 aromatic rings. The van der Waals surface area contributed by atoms with Gasteiger partial charge in [0.05, 0.1) is 12.1 Å². The van der Waals surface area contributed by atoms with Gasteiger partial charge in [-0.3, -0.25) is 9.20 Å². The number of imidazole rings is 1. The number of Topliss-reactive ketones (excluding diaryl/α,β-unsaturated/α-hetero) is 1. The SMILES string of the molecule is NCc1ccc(C(=O)Cc2cn3ccsc3n2)cc1. The average molecular weight is 271 g/mol. The molecule has 96 valence electrons. The van der Waals surface area contributed by atoms with Crippen LogP contribution in [-0.4, -0.2) is 15.2 Å². The van der Waals surface area contributed by atoms with E-state index >= 15 is 0 Å². The fourth-order valence-electron chi connectivity index (χ4n) is 1.95. The van der Waals surface area contributed by atoms with E-state index in [0.29, 0.717) is 18.5 Å². The van der Waals surface area contributed by atoms with Crippen molar-refractivity contribution in [2.45, 2.75) is 13.0 Å². The van der Waals surface area contributed by atoms with Gasteiger partial charge in [0.25, 0.3) is 0 Å². The Balaban J connectivity index is 1.78. The molecule has 1 aromatic carbocycles. The molecule has 3 rings (SSSR count). The van der Waals surface area contributed by atoms with Gasteiger partial charge in [0.15, 0.2) is 10.7 Å². The number of carbonyl (C=O) groups is 1. The minimum atomic E-state index is 0.0781. The molecule has 2 N–H and O–H groups in total. The molecular weight excluding hydrogens is 258 g/mol. The Kier molecular flexibility index (Phi) is 3.15. The number of rotatable bonds is 4. The Morgan fingerprint density at radius 2 is 2.11 bits per heavy atom. The molecule has 4 nitrogen and oxygen atoms in total. The molecule has 0 aliphatic rings. The standard InChI is InChI=1S/C14H13N3OS/c15-8-10-1-3-11(4-2-10)13(18)7-12-9-17-5-6-19-14(17)16-12/h1-6,9H,7-8,15H2. The normalized spacial score (nSPS) is 11.0. The summed E-state index contributed by atoms with van der Waals surface area (Å²) in [5, 5.41) is 1.97. The highest BCUT2D eigenvalue weighted by Crippen LogP contribution is 2.13. The van der Waals surface area contributed by atoms with Gasteiger partial charge in [0.1, 0.15) is 0 Å². The van der Waals surface area contributed by atoms with Crippen molar-refractivity contribution in [2.24, 2.45) is 5.73 Å². The van der Waals surface area contributed by atoms with E-state index in [1.165, 1.54) is 0 Å². The lowest BCUT2D eigenvalue weighted by molar-refractivity contribution is 0.0992. The Morgan fingerprint density at radius 3 is 2.79 bits per heavy atom. The van der Waals surface area contributed by atoms with Crippen molar-refractivity contribution in [3.05, 3.63) is 58.9 Å². The second-order valence-corrected chi connectivity index (χ2v) is 5.20. The van der Waals surface area contributed by atoms with Crippen LogP contribution in [0.2, 0.25) is 0 Å². The lowest BCUT2D eigenvalue weighted by Gasteiger charge is -2.00. The average Bonchev–Trinajstić information content (AvgIpc) is 2.99. The number of thiazole rings is 1. The number of benzene rings is 1.